The lowest BCUT2D eigenvalue weighted by molar-refractivity contribution is -0.384. The fourth-order valence-electron chi connectivity index (χ4n) is 0.846. The number of nitrogens with zero attached hydrogens (tertiary/aromatic N) is 3. The maximum absolute atomic E-state index is 10.5. The van der Waals surface area contributed by atoms with Crippen LogP contribution < -0.4 is 5.32 Å². The Balaban J connectivity index is 2.90. The second kappa shape index (κ2) is 4.47. The molecule has 0 radical (unpaired) electrons. The Morgan fingerprint density at radius 1 is 1.79 bits per heavy atom. The summed E-state index contributed by atoms with van der Waals surface area (Å²) in [5.41, 5.74) is -0.201. The number of aromatic nitrogens is 2. The molecule has 7 heteroatoms. The summed E-state index contributed by atoms with van der Waals surface area (Å²) >= 11 is 0. The van der Waals surface area contributed by atoms with E-state index in [9.17, 15) is 10.1 Å². The fraction of sp³-hybridized carbons (Fsp3) is 0.429. The molecule has 2 N–H and O–H groups in total. The van der Waals surface area contributed by atoms with E-state index in [1.165, 1.54) is 6.33 Å². The number of aliphatic hydroxyl groups excluding tert-OH is 1. The van der Waals surface area contributed by atoms with Gasteiger partial charge in [-0.1, -0.05) is 0 Å². The molecular formula is C7H10N4O3. The SMILES string of the molecule is CC(CO)Nc1ncncc1[N+](=O)[O-]. The van der Waals surface area contributed by atoms with Gasteiger partial charge in [0.05, 0.1) is 11.5 Å². The molecule has 0 aliphatic carbocycles. The van der Waals surface area contributed by atoms with Gasteiger partial charge < -0.3 is 10.4 Å². The van der Waals surface area contributed by atoms with Gasteiger partial charge >= 0.3 is 5.69 Å². The van der Waals surface area contributed by atoms with Gasteiger partial charge in [-0.3, -0.25) is 10.1 Å². The summed E-state index contributed by atoms with van der Waals surface area (Å²) in [5, 5.41) is 22.0. The molecule has 1 atom stereocenters. The highest BCUT2D eigenvalue weighted by Crippen LogP contribution is 2.19. The van der Waals surface area contributed by atoms with Crippen LogP contribution in [-0.2, 0) is 0 Å². The molecule has 7 nitrogen and oxygen atoms in total. The van der Waals surface area contributed by atoms with Crippen molar-refractivity contribution in [3.05, 3.63) is 22.6 Å². The first kappa shape index (κ1) is 10.3. The van der Waals surface area contributed by atoms with Gasteiger partial charge in [0, 0.05) is 6.04 Å². The monoisotopic (exact) mass is 198 g/mol. The molecule has 0 fully saturated rings. The molecular weight excluding hydrogens is 188 g/mol. The zero-order valence-corrected chi connectivity index (χ0v) is 7.54. The third kappa shape index (κ3) is 2.36. The van der Waals surface area contributed by atoms with Gasteiger partial charge in [0.2, 0.25) is 5.82 Å². The van der Waals surface area contributed by atoms with Crippen LogP contribution in [0.2, 0.25) is 0 Å². The highest BCUT2D eigenvalue weighted by Gasteiger charge is 2.15. The molecule has 0 aliphatic rings. The minimum Gasteiger partial charge on any atom is -0.394 e. The van der Waals surface area contributed by atoms with E-state index in [1.54, 1.807) is 6.92 Å². The van der Waals surface area contributed by atoms with E-state index < -0.39 is 4.92 Å². The average molecular weight is 198 g/mol. The number of anilines is 1. The summed E-state index contributed by atoms with van der Waals surface area (Å²) in [6.07, 6.45) is 2.32. The number of hydrogen-bond donors (Lipinski definition) is 2. The van der Waals surface area contributed by atoms with E-state index in [4.69, 9.17) is 5.11 Å². The number of nitro groups is 1. The molecule has 0 aliphatic heterocycles. The molecule has 1 aromatic heterocycles. The second-order valence-electron chi connectivity index (χ2n) is 2.74. The Hall–Kier alpha value is -1.76. The lowest BCUT2D eigenvalue weighted by atomic mass is 10.3. The Bertz CT molecular complexity index is 330. The van der Waals surface area contributed by atoms with Crippen molar-refractivity contribution in [3.8, 4) is 0 Å². The zero-order valence-electron chi connectivity index (χ0n) is 7.54. The number of rotatable bonds is 4. The summed E-state index contributed by atoms with van der Waals surface area (Å²) < 4.78 is 0. The quantitative estimate of drug-likeness (QED) is 0.528. The van der Waals surface area contributed by atoms with Crippen molar-refractivity contribution in [2.75, 3.05) is 11.9 Å². The predicted molar refractivity (Wildman–Crippen MR) is 48.9 cm³/mol. The van der Waals surface area contributed by atoms with Gasteiger partial charge in [0.1, 0.15) is 12.5 Å². The van der Waals surface area contributed by atoms with Crippen molar-refractivity contribution in [3.63, 3.8) is 0 Å². The Labute approximate surface area is 80.0 Å². The maximum atomic E-state index is 10.5. The van der Waals surface area contributed by atoms with Crippen LogP contribution in [0.1, 0.15) is 6.92 Å². The van der Waals surface area contributed by atoms with E-state index in [0.29, 0.717) is 0 Å². The molecule has 1 heterocycles. The molecule has 0 amide bonds. The van der Waals surface area contributed by atoms with E-state index in [0.717, 1.165) is 6.20 Å². The van der Waals surface area contributed by atoms with E-state index in [2.05, 4.69) is 15.3 Å². The topological polar surface area (TPSA) is 101 Å². The summed E-state index contributed by atoms with van der Waals surface area (Å²) in [5.74, 6) is 0.117. The molecule has 1 rings (SSSR count). The van der Waals surface area contributed by atoms with Gasteiger partial charge in [-0.25, -0.2) is 9.97 Å². The first-order valence-electron chi connectivity index (χ1n) is 3.97. The van der Waals surface area contributed by atoms with E-state index in [1.807, 2.05) is 0 Å². The lowest BCUT2D eigenvalue weighted by Gasteiger charge is -2.10. The Morgan fingerprint density at radius 3 is 3.07 bits per heavy atom. The summed E-state index contributed by atoms with van der Waals surface area (Å²) in [6.45, 7) is 1.56. The van der Waals surface area contributed by atoms with Crippen LogP contribution in [0.15, 0.2) is 12.5 Å². The molecule has 14 heavy (non-hydrogen) atoms. The van der Waals surface area contributed by atoms with Crippen molar-refractivity contribution in [2.45, 2.75) is 13.0 Å². The van der Waals surface area contributed by atoms with Crippen LogP contribution in [0.4, 0.5) is 11.5 Å². The predicted octanol–water partition coefficient (Wildman–Crippen LogP) is 0.177. The minimum absolute atomic E-state index is 0.117. The molecule has 0 bridgehead atoms. The van der Waals surface area contributed by atoms with Gasteiger partial charge in [-0.15, -0.1) is 0 Å². The third-order valence-corrected chi connectivity index (χ3v) is 1.55. The largest absolute Gasteiger partial charge is 0.394 e. The lowest BCUT2D eigenvalue weighted by Crippen LogP contribution is -2.20. The van der Waals surface area contributed by atoms with Crippen molar-refractivity contribution < 1.29 is 10.0 Å². The second-order valence-corrected chi connectivity index (χ2v) is 2.74. The van der Waals surface area contributed by atoms with Crippen molar-refractivity contribution >= 4 is 11.5 Å². The first-order chi connectivity index (χ1) is 6.65. The van der Waals surface area contributed by atoms with Crippen molar-refractivity contribution in [1.82, 2.24) is 9.97 Å². The van der Waals surface area contributed by atoms with Crippen LogP contribution in [0.5, 0.6) is 0 Å². The van der Waals surface area contributed by atoms with Crippen molar-refractivity contribution in [2.24, 2.45) is 0 Å². The molecule has 0 saturated carbocycles. The smallest absolute Gasteiger partial charge is 0.329 e. The van der Waals surface area contributed by atoms with Crippen LogP contribution >= 0.6 is 0 Å². The van der Waals surface area contributed by atoms with Crippen LogP contribution in [0.3, 0.4) is 0 Å². The van der Waals surface area contributed by atoms with Gasteiger partial charge in [-0.05, 0) is 6.92 Å². The van der Waals surface area contributed by atoms with Crippen LogP contribution in [0, 0.1) is 10.1 Å². The number of aliphatic hydroxyl groups is 1. The highest BCUT2D eigenvalue weighted by atomic mass is 16.6. The van der Waals surface area contributed by atoms with Gasteiger partial charge in [0.15, 0.2) is 0 Å². The third-order valence-electron chi connectivity index (χ3n) is 1.55. The molecule has 0 saturated heterocycles. The summed E-state index contributed by atoms with van der Waals surface area (Å²) in [4.78, 5) is 17.2. The fourth-order valence-corrected chi connectivity index (χ4v) is 0.846. The highest BCUT2D eigenvalue weighted by molar-refractivity contribution is 5.54. The van der Waals surface area contributed by atoms with Crippen LogP contribution in [0.25, 0.3) is 0 Å². The first-order valence-corrected chi connectivity index (χ1v) is 3.97. The van der Waals surface area contributed by atoms with Gasteiger partial charge in [0.25, 0.3) is 0 Å². The maximum Gasteiger partial charge on any atom is 0.329 e. The molecule has 0 aromatic carbocycles. The number of nitrogens with one attached hydrogen (secondary N) is 1. The molecule has 1 unspecified atom stereocenters. The average Bonchev–Trinajstić information content (AvgIpc) is 2.18. The number of hydrogen-bond acceptors (Lipinski definition) is 6. The standard InChI is InChI=1S/C7H10N4O3/c1-5(3-12)10-7-6(11(13)14)2-8-4-9-7/h2,4-5,12H,3H2,1H3,(H,8,9,10). The molecule has 76 valence electrons. The summed E-state index contributed by atoms with van der Waals surface area (Å²) in [6, 6.07) is -0.288. The van der Waals surface area contributed by atoms with Crippen molar-refractivity contribution in [1.29, 1.82) is 0 Å². The normalized spacial score (nSPS) is 12.1. The Morgan fingerprint density at radius 2 is 2.50 bits per heavy atom. The zero-order chi connectivity index (χ0) is 10.6. The summed E-state index contributed by atoms with van der Waals surface area (Å²) in [7, 11) is 0. The van der Waals surface area contributed by atoms with Gasteiger partial charge in [-0.2, -0.15) is 0 Å². The van der Waals surface area contributed by atoms with E-state index in [-0.39, 0.29) is 24.2 Å². The minimum atomic E-state index is -0.577. The molecule has 0 spiro atoms. The molecule has 1 aromatic rings. The Kier molecular flexibility index (Phi) is 3.29. The van der Waals surface area contributed by atoms with E-state index >= 15 is 0 Å². The van der Waals surface area contributed by atoms with Crippen LogP contribution in [-0.4, -0.2) is 32.6 Å².